The maximum atomic E-state index is 13.0. The van der Waals surface area contributed by atoms with Gasteiger partial charge in [0.2, 0.25) is 15.9 Å². The molecule has 0 spiro atoms. The summed E-state index contributed by atoms with van der Waals surface area (Å²) in [5.41, 5.74) is 2.69. The van der Waals surface area contributed by atoms with Crippen LogP contribution in [0.5, 0.6) is 0 Å². The van der Waals surface area contributed by atoms with E-state index in [1.165, 1.54) is 0 Å². The maximum absolute atomic E-state index is 13.0. The van der Waals surface area contributed by atoms with Crippen LogP contribution in [0.1, 0.15) is 43.4 Å². The first-order valence-corrected chi connectivity index (χ1v) is 12.1. The van der Waals surface area contributed by atoms with Gasteiger partial charge in [0.25, 0.3) is 0 Å². The predicted molar refractivity (Wildman–Crippen MR) is 118 cm³/mol. The summed E-state index contributed by atoms with van der Waals surface area (Å²) < 4.78 is 28.9. The second kappa shape index (κ2) is 8.88. The number of hydrogen-bond acceptors (Lipinski definition) is 4. The van der Waals surface area contributed by atoms with Crippen LogP contribution in [0, 0.1) is 5.92 Å². The van der Waals surface area contributed by atoms with E-state index in [0.29, 0.717) is 31.0 Å². The van der Waals surface area contributed by atoms with Gasteiger partial charge in [-0.3, -0.25) is 9.69 Å². The number of benzene rings is 2. The Hall–Kier alpha value is -2.22. The molecule has 2 aromatic rings. The minimum absolute atomic E-state index is 0.00499. The summed E-state index contributed by atoms with van der Waals surface area (Å²) in [6.07, 6.45) is 3.20. The van der Waals surface area contributed by atoms with E-state index in [2.05, 4.69) is 34.0 Å². The zero-order valence-electron chi connectivity index (χ0n) is 17.3. The molecule has 1 amide bonds. The summed E-state index contributed by atoms with van der Waals surface area (Å²) in [5, 5.41) is 2.80. The van der Waals surface area contributed by atoms with Gasteiger partial charge in [0, 0.05) is 24.7 Å². The van der Waals surface area contributed by atoms with Gasteiger partial charge in [-0.1, -0.05) is 37.3 Å². The summed E-state index contributed by atoms with van der Waals surface area (Å²) in [7, 11) is -3.65. The molecule has 2 N–H and O–H groups in total. The molecule has 0 aliphatic carbocycles. The van der Waals surface area contributed by atoms with E-state index >= 15 is 0 Å². The molecule has 2 aliphatic rings. The van der Waals surface area contributed by atoms with Crippen molar-refractivity contribution in [2.45, 2.75) is 43.5 Å². The molecule has 0 bridgehead atoms. The molecule has 2 heterocycles. The first-order chi connectivity index (χ1) is 14.4. The highest BCUT2D eigenvalue weighted by molar-refractivity contribution is 7.89. The smallest absolute Gasteiger partial charge is 0.240 e. The number of carbonyl (C=O) groups excluding carboxylic acids is 1. The SMILES string of the molecule is CC1CCN([C@H](CNS(=O)(=O)c2ccc3c(c2)CCC(=O)N3)c2ccccc2)CC1. The summed E-state index contributed by atoms with van der Waals surface area (Å²) in [6.45, 7) is 4.55. The van der Waals surface area contributed by atoms with Gasteiger partial charge in [-0.15, -0.1) is 0 Å². The molecule has 30 heavy (non-hydrogen) atoms. The molecule has 0 saturated carbocycles. The minimum atomic E-state index is -3.65. The Morgan fingerprint density at radius 3 is 2.57 bits per heavy atom. The van der Waals surface area contributed by atoms with Crippen molar-refractivity contribution in [1.29, 1.82) is 0 Å². The number of likely N-dealkylation sites (tertiary alicyclic amines) is 1. The highest BCUT2D eigenvalue weighted by Gasteiger charge is 2.27. The van der Waals surface area contributed by atoms with E-state index in [9.17, 15) is 13.2 Å². The van der Waals surface area contributed by atoms with Crippen LogP contribution < -0.4 is 10.0 Å². The molecular weight excluding hydrogens is 398 g/mol. The number of hydrogen-bond donors (Lipinski definition) is 2. The standard InChI is InChI=1S/C23H29N3O3S/c1-17-11-13-26(14-12-17)22(18-5-3-2-4-6-18)16-24-30(28,29)20-8-9-21-19(15-20)7-10-23(27)25-21/h2-6,8-9,15,17,22,24H,7,10-14,16H2,1H3,(H,25,27)/t22-/m1/s1. The number of carbonyl (C=O) groups is 1. The number of rotatable bonds is 6. The predicted octanol–water partition coefficient (Wildman–Crippen LogP) is 3.32. The van der Waals surface area contributed by atoms with Crippen molar-refractivity contribution in [3.8, 4) is 0 Å². The van der Waals surface area contributed by atoms with Crippen molar-refractivity contribution in [2.24, 2.45) is 5.92 Å². The van der Waals surface area contributed by atoms with Crippen LogP contribution in [0.25, 0.3) is 0 Å². The Balaban J connectivity index is 1.52. The Bertz CT molecular complexity index is 1000. The molecule has 1 saturated heterocycles. The van der Waals surface area contributed by atoms with Crippen molar-refractivity contribution in [2.75, 3.05) is 25.0 Å². The van der Waals surface area contributed by atoms with Gasteiger partial charge < -0.3 is 5.32 Å². The van der Waals surface area contributed by atoms with Crippen molar-refractivity contribution in [3.63, 3.8) is 0 Å². The number of anilines is 1. The molecule has 160 valence electrons. The number of amides is 1. The lowest BCUT2D eigenvalue weighted by atomic mass is 9.96. The van der Waals surface area contributed by atoms with Gasteiger partial charge in [-0.05, 0) is 67.6 Å². The van der Waals surface area contributed by atoms with Gasteiger partial charge >= 0.3 is 0 Å². The minimum Gasteiger partial charge on any atom is -0.326 e. The van der Waals surface area contributed by atoms with E-state index in [0.717, 1.165) is 37.1 Å². The molecule has 7 heteroatoms. The number of fused-ring (bicyclic) bond motifs is 1. The second-order valence-corrected chi connectivity index (χ2v) is 10.1. The van der Waals surface area contributed by atoms with Gasteiger partial charge in [-0.2, -0.15) is 0 Å². The lowest BCUT2D eigenvalue weighted by Gasteiger charge is -2.37. The lowest BCUT2D eigenvalue weighted by Crippen LogP contribution is -2.42. The van der Waals surface area contributed by atoms with E-state index in [1.807, 2.05) is 18.2 Å². The molecule has 1 fully saturated rings. The van der Waals surface area contributed by atoms with Crippen LogP contribution in [-0.4, -0.2) is 38.9 Å². The molecule has 0 radical (unpaired) electrons. The van der Waals surface area contributed by atoms with E-state index in [4.69, 9.17) is 0 Å². The van der Waals surface area contributed by atoms with Crippen LogP contribution in [0.2, 0.25) is 0 Å². The van der Waals surface area contributed by atoms with E-state index in [-0.39, 0.29) is 16.8 Å². The van der Waals surface area contributed by atoms with Crippen molar-refractivity contribution in [3.05, 3.63) is 59.7 Å². The van der Waals surface area contributed by atoms with Crippen LogP contribution in [0.3, 0.4) is 0 Å². The first kappa shape index (κ1) is 21.0. The summed E-state index contributed by atoms with van der Waals surface area (Å²) >= 11 is 0. The topological polar surface area (TPSA) is 78.5 Å². The van der Waals surface area contributed by atoms with Crippen molar-refractivity contribution < 1.29 is 13.2 Å². The zero-order valence-corrected chi connectivity index (χ0v) is 18.1. The maximum Gasteiger partial charge on any atom is 0.240 e. The second-order valence-electron chi connectivity index (χ2n) is 8.36. The molecule has 2 aromatic carbocycles. The molecule has 0 unspecified atom stereocenters. The number of nitrogens with zero attached hydrogens (tertiary/aromatic N) is 1. The third-order valence-electron chi connectivity index (χ3n) is 6.19. The van der Waals surface area contributed by atoms with Gasteiger partial charge in [0.15, 0.2) is 0 Å². The Morgan fingerprint density at radius 2 is 1.83 bits per heavy atom. The summed E-state index contributed by atoms with van der Waals surface area (Å²) in [5.74, 6) is 0.683. The summed E-state index contributed by atoms with van der Waals surface area (Å²) in [4.78, 5) is 14.2. The molecule has 0 aromatic heterocycles. The van der Waals surface area contributed by atoms with Crippen molar-refractivity contribution >= 4 is 21.6 Å². The fourth-order valence-corrected chi connectivity index (χ4v) is 5.36. The Labute approximate surface area is 178 Å². The van der Waals surface area contributed by atoms with E-state index in [1.54, 1.807) is 18.2 Å². The molecular formula is C23H29N3O3S. The van der Waals surface area contributed by atoms with Crippen LogP contribution in [0.15, 0.2) is 53.4 Å². The lowest BCUT2D eigenvalue weighted by molar-refractivity contribution is -0.116. The van der Waals surface area contributed by atoms with E-state index < -0.39 is 10.0 Å². The van der Waals surface area contributed by atoms with Crippen LogP contribution >= 0.6 is 0 Å². The highest BCUT2D eigenvalue weighted by atomic mass is 32.2. The fourth-order valence-electron chi connectivity index (χ4n) is 4.27. The van der Waals surface area contributed by atoms with Crippen molar-refractivity contribution in [1.82, 2.24) is 9.62 Å². The number of nitrogens with one attached hydrogen (secondary N) is 2. The molecule has 2 aliphatic heterocycles. The fraction of sp³-hybridized carbons (Fsp3) is 0.435. The average molecular weight is 428 g/mol. The average Bonchev–Trinajstić information content (AvgIpc) is 2.75. The van der Waals surface area contributed by atoms with Gasteiger partial charge in [0.1, 0.15) is 0 Å². The van der Waals surface area contributed by atoms with Gasteiger partial charge in [-0.25, -0.2) is 13.1 Å². The molecule has 4 rings (SSSR count). The Kier molecular flexibility index (Phi) is 6.22. The highest BCUT2D eigenvalue weighted by Crippen LogP contribution is 2.28. The van der Waals surface area contributed by atoms with Crippen LogP contribution in [-0.2, 0) is 21.2 Å². The summed E-state index contributed by atoms with van der Waals surface area (Å²) in [6, 6.07) is 15.0. The largest absolute Gasteiger partial charge is 0.326 e. The zero-order chi connectivity index (χ0) is 21.1. The number of aryl methyl sites for hydroxylation is 1. The third-order valence-corrected chi connectivity index (χ3v) is 7.61. The number of sulfonamides is 1. The van der Waals surface area contributed by atoms with Crippen LogP contribution in [0.4, 0.5) is 5.69 Å². The number of piperidine rings is 1. The molecule has 1 atom stereocenters. The molecule has 6 nitrogen and oxygen atoms in total. The normalized spacial score (nSPS) is 19.2. The first-order valence-electron chi connectivity index (χ1n) is 10.6. The third kappa shape index (κ3) is 4.74. The monoisotopic (exact) mass is 427 g/mol. The quantitative estimate of drug-likeness (QED) is 0.741. The van der Waals surface area contributed by atoms with Gasteiger partial charge in [0.05, 0.1) is 4.90 Å². The Morgan fingerprint density at radius 1 is 1.10 bits per heavy atom.